The molecule has 1 atom stereocenters. The molecule has 1 aliphatic rings. The highest BCUT2D eigenvalue weighted by Crippen LogP contribution is 2.17. The number of benzene rings is 1. The molecule has 1 heterocycles. The molecule has 2 rings (SSSR count). The van der Waals surface area contributed by atoms with E-state index in [0.29, 0.717) is 6.54 Å². The van der Waals surface area contributed by atoms with E-state index in [-0.39, 0.29) is 31.4 Å². The first-order chi connectivity index (χ1) is 10.0. The lowest BCUT2D eigenvalue weighted by Crippen LogP contribution is -2.54. The van der Waals surface area contributed by atoms with E-state index in [0.717, 1.165) is 17.5 Å². The number of amides is 2. The number of β-amino-alcohol motifs (C(OH)–C–C–N with tert-alkyl or cyclic N) is 1. The van der Waals surface area contributed by atoms with Crippen LogP contribution in [-0.4, -0.2) is 52.9 Å². The van der Waals surface area contributed by atoms with E-state index in [9.17, 15) is 14.7 Å². The molecule has 1 aromatic rings. The van der Waals surface area contributed by atoms with Crippen LogP contribution >= 0.6 is 0 Å². The first kappa shape index (κ1) is 15.5. The molecule has 2 amide bonds. The topological polar surface area (TPSA) is 60.9 Å². The number of aliphatic hydroxyl groups is 1. The second kappa shape index (κ2) is 6.72. The summed E-state index contributed by atoms with van der Waals surface area (Å²) in [5.41, 5.74) is 1.83. The normalized spacial score (nSPS) is 17.3. The zero-order valence-electron chi connectivity index (χ0n) is 12.6. The fraction of sp³-hybridized carbons (Fsp3) is 0.500. The molecule has 114 valence electrons. The molecule has 1 fully saturated rings. The van der Waals surface area contributed by atoms with E-state index in [4.69, 9.17) is 0 Å². The lowest BCUT2D eigenvalue weighted by Gasteiger charge is -2.34. The van der Waals surface area contributed by atoms with Gasteiger partial charge in [-0.05, 0) is 18.9 Å². The molecule has 5 heteroatoms. The summed E-state index contributed by atoms with van der Waals surface area (Å²) >= 11 is 0. The van der Waals surface area contributed by atoms with Crippen molar-refractivity contribution in [1.82, 2.24) is 9.80 Å². The zero-order chi connectivity index (χ0) is 15.4. The molecule has 1 saturated heterocycles. The van der Waals surface area contributed by atoms with E-state index in [1.807, 2.05) is 38.1 Å². The fourth-order valence-electron chi connectivity index (χ4n) is 2.53. The molecule has 0 radical (unpaired) electrons. The van der Waals surface area contributed by atoms with E-state index in [2.05, 4.69) is 0 Å². The molecule has 5 nitrogen and oxygen atoms in total. The van der Waals surface area contributed by atoms with Crippen LogP contribution < -0.4 is 0 Å². The molecule has 0 bridgehead atoms. The third-order valence-corrected chi connectivity index (χ3v) is 3.67. The SMILES string of the molecule is CCCN1CC(=O)N(CC(O)c2cccc(C)c2)CC1=O. The zero-order valence-corrected chi connectivity index (χ0v) is 12.6. The number of carbonyl (C=O) groups is 2. The molecule has 21 heavy (non-hydrogen) atoms. The Balaban J connectivity index is 2.00. The number of piperazine rings is 1. The van der Waals surface area contributed by atoms with Gasteiger partial charge in [-0.1, -0.05) is 36.8 Å². The van der Waals surface area contributed by atoms with Crippen molar-refractivity contribution in [2.75, 3.05) is 26.2 Å². The van der Waals surface area contributed by atoms with Crippen LogP contribution in [0.2, 0.25) is 0 Å². The minimum atomic E-state index is -0.764. The Kier molecular flexibility index (Phi) is 4.96. The molecule has 1 N–H and O–H groups in total. The smallest absolute Gasteiger partial charge is 0.242 e. The highest BCUT2D eigenvalue weighted by molar-refractivity contribution is 5.92. The summed E-state index contributed by atoms with van der Waals surface area (Å²) in [6.07, 6.45) is 0.0738. The summed E-state index contributed by atoms with van der Waals surface area (Å²) in [6, 6.07) is 7.55. The van der Waals surface area contributed by atoms with E-state index < -0.39 is 6.10 Å². The van der Waals surface area contributed by atoms with Gasteiger partial charge >= 0.3 is 0 Å². The minimum Gasteiger partial charge on any atom is -0.387 e. The lowest BCUT2D eigenvalue weighted by atomic mass is 10.1. The number of nitrogens with zero attached hydrogens (tertiary/aromatic N) is 2. The second-order valence-electron chi connectivity index (χ2n) is 5.52. The van der Waals surface area contributed by atoms with Crippen molar-refractivity contribution in [2.45, 2.75) is 26.4 Å². The number of aryl methyl sites for hydroxylation is 1. The van der Waals surface area contributed by atoms with Crippen LogP contribution in [0.15, 0.2) is 24.3 Å². The van der Waals surface area contributed by atoms with Gasteiger partial charge in [0.15, 0.2) is 0 Å². The monoisotopic (exact) mass is 290 g/mol. The first-order valence-corrected chi connectivity index (χ1v) is 7.31. The van der Waals surface area contributed by atoms with Crippen molar-refractivity contribution in [3.05, 3.63) is 35.4 Å². The van der Waals surface area contributed by atoms with Gasteiger partial charge in [-0.15, -0.1) is 0 Å². The Morgan fingerprint density at radius 3 is 2.52 bits per heavy atom. The van der Waals surface area contributed by atoms with Crippen molar-refractivity contribution >= 4 is 11.8 Å². The van der Waals surface area contributed by atoms with Crippen LogP contribution in [0.1, 0.15) is 30.6 Å². The lowest BCUT2D eigenvalue weighted by molar-refractivity contribution is -0.151. The molecular formula is C16H22N2O3. The molecule has 1 aliphatic heterocycles. The van der Waals surface area contributed by atoms with Gasteiger partial charge in [0.25, 0.3) is 0 Å². The average Bonchev–Trinajstić information content (AvgIpc) is 2.44. The van der Waals surface area contributed by atoms with E-state index >= 15 is 0 Å². The van der Waals surface area contributed by atoms with Gasteiger partial charge in [-0.3, -0.25) is 9.59 Å². The van der Waals surface area contributed by atoms with Crippen LogP contribution in [0.3, 0.4) is 0 Å². The Morgan fingerprint density at radius 1 is 1.19 bits per heavy atom. The Hall–Kier alpha value is -1.88. The quantitative estimate of drug-likeness (QED) is 0.883. The number of rotatable bonds is 5. The molecule has 1 unspecified atom stereocenters. The standard InChI is InChI=1S/C16H22N2O3/c1-3-7-17-10-16(21)18(11-15(17)20)9-14(19)13-6-4-5-12(2)8-13/h4-6,8,14,19H,3,7,9-11H2,1-2H3. The number of carbonyl (C=O) groups excluding carboxylic acids is 2. The van der Waals surface area contributed by atoms with Crippen molar-refractivity contribution in [3.63, 3.8) is 0 Å². The predicted octanol–water partition coefficient (Wildman–Crippen LogP) is 1.11. The molecule has 1 aromatic carbocycles. The highest BCUT2D eigenvalue weighted by Gasteiger charge is 2.30. The number of hydrogen-bond acceptors (Lipinski definition) is 3. The third-order valence-electron chi connectivity index (χ3n) is 3.67. The van der Waals surface area contributed by atoms with Gasteiger partial charge in [-0.2, -0.15) is 0 Å². The molecule has 0 spiro atoms. The molecule has 0 aromatic heterocycles. The van der Waals surface area contributed by atoms with Gasteiger partial charge in [0.1, 0.15) is 0 Å². The van der Waals surface area contributed by atoms with Crippen molar-refractivity contribution in [1.29, 1.82) is 0 Å². The Labute approximate surface area is 125 Å². The van der Waals surface area contributed by atoms with Crippen molar-refractivity contribution in [3.8, 4) is 0 Å². The predicted molar refractivity (Wildman–Crippen MR) is 79.6 cm³/mol. The fourth-order valence-corrected chi connectivity index (χ4v) is 2.53. The maximum atomic E-state index is 12.1. The van der Waals surface area contributed by atoms with Gasteiger partial charge < -0.3 is 14.9 Å². The maximum absolute atomic E-state index is 12.1. The van der Waals surface area contributed by atoms with Crippen molar-refractivity contribution in [2.24, 2.45) is 0 Å². The molecular weight excluding hydrogens is 268 g/mol. The molecule has 0 aliphatic carbocycles. The summed E-state index contributed by atoms with van der Waals surface area (Å²) in [7, 11) is 0. The number of aliphatic hydroxyl groups excluding tert-OH is 1. The maximum Gasteiger partial charge on any atom is 0.242 e. The average molecular weight is 290 g/mol. The summed E-state index contributed by atoms with van der Waals surface area (Å²) < 4.78 is 0. The third kappa shape index (κ3) is 3.82. The van der Waals surface area contributed by atoms with Crippen molar-refractivity contribution < 1.29 is 14.7 Å². The minimum absolute atomic E-state index is 0.0482. The van der Waals surface area contributed by atoms with Crippen LogP contribution in [0.5, 0.6) is 0 Å². The largest absolute Gasteiger partial charge is 0.387 e. The Morgan fingerprint density at radius 2 is 1.86 bits per heavy atom. The Bertz CT molecular complexity index is 530. The van der Waals surface area contributed by atoms with Crippen LogP contribution in [0.25, 0.3) is 0 Å². The second-order valence-corrected chi connectivity index (χ2v) is 5.52. The van der Waals surface area contributed by atoms with E-state index in [1.54, 1.807) is 4.90 Å². The van der Waals surface area contributed by atoms with Crippen LogP contribution in [0, 0.1) is 6.92 Å². The van der Waals surface area contributed by atoms with Gasteiger partial charge in [0, 0.05) is 6.54 Å². The summed E-state index contributed by atoms with van der Waals surface area (Å²) in [4.78, 5) is 27.1. The molecule has 0 saturated carbocycles. The van der Waals surface area contributed by atoms with Gasteiger partial charge in [0.2, 0.25) is 11.8 Å². The van der Waals surface area contributed by atoms with Crippen LogP contribution in [0.4, 0.5) is 0 Å². The first-order valence-electron chi connectivity index (χ1n) is 7.31. The van der Waals surface area contributed by atoms with Gasteiger partial charge in [0.05, 0.1) is 25.7 Å². The summed E-state index contributed by atoms with van der Waals surface area (Å²) in [5.74, 6) is -0.150. The number of hydrogen-bond donors (Lipinski definition) is 1. The summed E-state index contributed by atoms with van der Waals surface area (Å²) in [5, 5.41) is 10.3. The highest BCUT2D eigenvalue weighted by atomic mass is 16.3. The van der Waals surface area contributed by atoms with E-state index in [1.165, 1.54) is 4.90 Å². The van der Waals surface area contributed by atoms with Gasteiger partial charge in [-0.25, -0.2) is 0 Å². The van der Waals surface area contributed by atoms with Crippen LogP contribution in [-0.2, 0) is 9.59 Å². The summed E-state index contributed by atoms with van der Waals surface area (Å²) in [6.45, 7) is 4.88.